The molecule has 3 aliphatic rings. The summed E-state index contributed by atoms with van der Waals surface area (Å²) in [6.07, 6.45) is 5.90. The molecule has 9 nitrogen and oxygen atoms in total. The fraction of sp³-hybridized carbons (Fsp3) is 0.333. The highest BCUT2D eigenvalue weighted by atomic mass is 16.5. The standard InChI is InChI=1S/C27H27N5O4/c1-36-23-14-20(3-4-21(23)19-15-28-29-16-19)32-11-8-27(26(32)35)6-9-31(10-7-27)25(34)17-2-5-22-18(12-17)13-24(33)30-22/h2-5,12,14-16H,6-11,13H2,1H3,(H,28,29)(H,30,33). The molecule has 6 rings (SSSR count). The van der Waals surface area contributed by atoms with Crippen molar-refractivity contribution in [2.45, 2.75) is 25.7 Å². The molecule has 0 saturated carbocycles. The Labute approximate surface area is 208 Å². The summed E-state index contributed by atoms with van der Waals surface area (Å²) < 4.78 is 5.61. The summed E-state index contributed by atoms with van der Waals surface area (Å²) in [4.78, 5) is 42.1. The summed E-state index contributed by atoms with van der Waals surface area (Å²) in [7, 11) is 1.62. The third-order valence-corrected chi connectivity index (χ3v) is 7.80. The number of piperidine rings is 1. The number of hydrogen-bond acceptors (Lipinski definition) is 5. The van der Waals surface area contributed by atoms with Gasteiger partial charge >= 0.3 is 0 Å². The summed E-state index contributed by atoms with van der Waals surface area (Å²) in [6.45, 7) is 1.72. The predicted octanol–water partition coefficient (Wildman–Crippen LogP) is 3.24. The van der Waals surface area contributed by atoms with Crippen LogP contribution in [0, 0.1) is 5.41 Å². The number of ether oxygens (including phenoxy) is 1. The van der Waals surface area contributed by atoms with Crippen LogP contribution in [0.25, 0.3) is 11.1 Å². The number of methoxy groups -OCH3 is 1. The molecular formula is C27H27N5O4. The first-order valence-corrected chi connectivity index (χ1v) is 12.2. The number of benzene rings is 2. The zero-order valence-electron chi connectivity index (χ0n) is 20.0. The van der Waals surface area contributed by atoms with Gasteiger partial charge in [-0.25, -0.2) is 0 Å². The van der Waals surface area contributed by atoms with E-state index in [-0.39, 0.29) is 17.7 Å². The van der Waals surface area contributed by atoms with Crippen LogP contribution >= 0.6 is 0 Å². The minimum Gasteiger partial charge on any atom is -0.496 e. The predicted molar refractivity (Wildman–Crippen MR) is 134 cm³/mol. The van der Waals surface area contributed by atoms with Crippen molar-refractivity contribution in [3.8, 4) is 16.9 Å². The number of rotatable bonds is 4. The van der Waals surface area contributed by atoms with Crippen molar-refractivity contribution in [2.24, 2.45) is 5.41 Å². The van der Waals surface area contributed by atoms with Crippen molar-refractivity contribution in [1.82, 2.24) is 15.1 Å². The lowest BCUT2D eigenvalue weighted by molar-refractivity contribution is -0.127. The Kier molecular flexibility index (Phi) is 5.28. The fourth-order valence-electron chi connectivity index (χ4n) is 5.70. The van der Waals surface area contributed by atoms with Crippen molar-refractivity contribution in [1.29, 1.82) is 0 Å². The second-order valence-electron chi connectivity index (χ2n) is 9.75. The van der Waals surface area contributed by atoms with Crippen molar-refractivity contribution in [2.75, 3.05) is 37.0 Å². The number of anilines is 2. The second kappa shape index (κ2) is 8.51. The van der Waals surface area contributed by atoms with Gasteiger partial charge in [0.05, 0.1) is 25.1 Å². The van der Waals surface area contributed by atoms with Gasteiger partial charge in [-0.2, -0.15) is 5.10 Å². The van der Waals surface area contributed by atoms with E-state index in [0.29, 0.717) is 50.2 Å². The van der Waals surface area contributed by atoms with E-state index in [1.807, 2.05) is 40.3 Å². The molecule has 2 fully saturated rings. The Hall–Kier alpha value is -4.14. The molecule has 3 aliphatic heterocycles. The molecule has 184 valence electrons. The van der Waals surface area contributed by atoms with Crippen LogP contribution < -0.4 is 15.0 Å². The van der Waals surface area contributed by atoms with E-state index in [1.54, 1.807) is 25.4 Å². The Bertz CT molecular complexity index is 1360. The molecule has 2 aromatic carbocycles. The first kappa shape index (κ1) is 22.3. The normalized spacial score (nSPS) is 18.5. The Morgan fingerprint density at radius 3 is 2.61 bits per heavy atom. The highest BCUT2D eigenvalue weighted by molar-refractivity contribution is 6.02. The van der Waals surface area contributed by atoms with Crippen molar-refractivity contribution in [3.63, 3.8) is 0 Å². The monoisotopic (exact) mass is 485 g/mol. The molecule has 0 radical (unpaired) electrons. The van der Waals surface area contributed by atoms with Crippen molar-refractivity contribution >= 4 is 29.1 Å². The van der Waals surface area contributed by atoms with E-state index in [9.17, 15) is 14.4 Å². The Morgan fingerprint density at radius 1 is 1.06 bits per heavy atom. The molecule has 1 aromatic heterocycles. The van der Waals surface area contributed by atoms with Crippen LogP contribution in [0.2, 0.25) is 0 Å². The molecule has 36 heavy (non-hydrogen) atoms. The Balaban J connectivity index is 1.15. The highest BCUT2D eigenvalue weighted by Crippen LogP contribution is 2.44. The molecule has 2 saturated heterocycles. The number of aromatic amines is 1. The summed E-state index contributed by atoms with van der Waals surface area (Å²) in [6, 6.07) is 11.2. The topological polar surface area (TPSA) is 108 Å². The largest absolute Gasteiger partial charge is 0.496 e. The number of likely N-dealkylation sites (tertiary alicyclic amines) is 1. The van der Waals surface area contributed by atoms with E-state index in [1.165, 1.54) is 0 Å². The van der Waals surface area contributed by atoms with E-state index in [4.69, 9.17) is 4.74 Å². The molecule has 3 aromatic rings. The van der Waals surface area contributed by atoms with Gasteiger partial charge in [-0.05, 0) is 55.2 Å². The summed E-state index contributed by atoms with van der Waals surface area (Å²) in [5, 5.41) is 9.62. The lowest BCUT2D eigenvalue weighted by atomic mass is 9.77. The van der Waals surface area contributed by atoms with Gasteiger partial charge in [0.25, 0.3) is 5.91 Å². The lowest BCUT2D eigenvalue weighted by Gasteiger charge is -2.38. The summed E-state index contributed by atoms with van der Waals surface area (Å²) in [5.74, 6) is 0.713. The number of nitrogens with one attached hydrogen (secondary N) is 2. The van der Waals surface area contributed by atoms with Gasteiger partial charge in [0, 0.05) is 60.0 Å². The van der Waals surface area contributed by atoms with Crippen molar-refractivity contribution in [3.05, 3.63) is 59.9 Å². The summed E-state index contributed by atoms with van der Waals surface area (Å²) >= 11 is 0. The molecule has 0 bridgehead atoms. The molecule has 0 atom stereocenters. The maximum atomic E-state index is 13.6. The van der Waals surface area contributed by atoms with Crippen LogP contribution in [-0.4, -0.2) is 59.6 Å². The quantitative estimate of drug-likeness (QED) is 0.590. The second-order valence-corrected chi connectivity index (χ2v) is 9.75. The Morgan fingerprint density at radius 2 is 1.86 bits per heavy atom. The molecule has 2 N–H and O–H groups in total. The average Bonchev–Trinajstić information content (AvgIpc) is 3.63. The van der Waals surface area contributed by atoms with E-state index in [2.05, 4.69) is 15.5 Å². The fourth-order valence-corrected chi connectivity index (χ4v) is 5.70. The van der Waals surface area contributed by atoms with Crippen LogP contribution in [-0.2, 0) is 16.0 Å². The third-order valence-electron chi connectivity index (χ3n) is 7.80. The van der Waals surface area contributed by atoms with E-state index in [0.717, 1.165) is 34.5 Å². The van der Waals surface area contributed by atoms with Gasteiger partial charge in [-0.1, -0.05) is 0 Å². The van der Waals surface area contributed by atoms with E-state index < -0.39 is 5.41 Å². The molecular weight excluding hydrogens is 458 g/mol. The maximum Gasteiger partial charge on any atom is 0.253 e. The van der Waals surface area contributed by atoms with E-state index >= 15 is 0 Å². The number of carbonyl (C=O) groups excluding carboxylic acids is 3. The van der Waals surface area contributed by atoms with Gasteiger partial charge in [-0.15, -0.1) is 0 Å². The number of carbonyl (C=O) groups is 3. The van der Waals surface area contributed by atoms with Gasteiger partial charge in [0.2, 0.25) is 11.8 Å². The zero-order chi connectivity index (χ0) is 24.9. The van der Waals surface area contributed by atoms with Gasteiger partial charge in [0.15, 0.2) is 0 Å². The average molecular weight is 486 g/mol. The molecule has 1 spiro atoms. The van der Waals surface area contributed by atoms with Crippen molar-refractivity contribution < 1.29 is 19.1 Å². The van der Waals surface area contributed by atoms with Gasteiger partial charge in [0.1, 0.15) is 5.75 Å². The van der Waals surface area contributed by atoms with Gasteiger partial charge < -0.3 is 19.9 Å². The number of hydrogen-bond donors (Lipinski definition) is 2. The van der Waals surface area contributed by atoms with Crippen LogP contribution in [0.15, 0.2) is 48.8 Å². The number of fused-ring (bicyclic) bond motifs is 1. The first-order valence-electron chi connectivity index (χ1n) is 12.2. The van der Waals surface area contributed by atoms with Crippen LogP contribution in [0.4, 0.5) is 11.4 Å². The number of amides is 3. The minimum absolute atomic E-state index is 0.0473. The molecule has 0 unspecified atom stereocenters. The zero-order valence-corrected chi connectivity index (χ0v) is 20.0. The summed E-state index contributed by atoms with van der Waals surface area (Å²) in [5.41, 5.74) is 4.43. The molecule has 0 aliphatic carbocycles. The highest BCUT2D eigenvalue weighted by Gasteiger charge is 2.49. The SMILES string of the molecule is COc1cc(N2CCC3(CCN(C(=O)c4ccc5c(c4)CC(=O)N5)CC3)C2=O)ccc1-c1cn[nH]c1. The number of H-pyrrole nitrogens is 1. The third kappa shape index (κ3) is 3.62. The molecule has 9 heteroatoms. The number of nitrogens with zero attached hydrogens (tertiary/aromatic N) is 3. The van der Waals surface area contributed by atoms with Gasteiger partial charge in [-0.3, -0.25) is 19.5 Å². The van der Waals surface area contributed by atoms with Crippen LogP contribution in [0.1, 0.15) is 35.2 Å². The lowest BCUT2D eigenvalue weighted by Crippen LogP contribution is -2.46. The first-order chi connectivity index (χ1) is 17.5. The minimum atomic E-state index is -0.443. The maximum absolute atomic E-state index is 13.6. The van der Waals surface area contributed by atoms with Crippen LogP contribution in [0.5, 0.6) is 5.75 Å². The van der Waals surface area contributed by atoms with Crippen LogP contribution in [0.3, 0.4) is 0 Å². The molecule has 3 amide bonds. The smallest absolute Gasteiger partial charge is 0.253 e. The molecule has 4 heterocycles. The number of aromatic nitrogens is 2.